The van der Waals surface area contributed by atoms with E-state index in [4.69, 9.17) is 0 Å². The van der Waals surface area contributed by atoms with Crippen molar-refractivity contribution in [3.05, 3.63) is 57.8 Å². The van der Waals surface area contributed by atoms with Gasteiger partial charge in [-0.15, -0.1) is 23.1 Å². The van der Waals surface area contributed by atoms with Crippen LogP contribution in [0.15, 0.2) is 35.7 Å². The lowest BCUT2D eigenvalue weighted by Gasteiger charge is -2.23. The van der Waals surface area contributed by atoms with Gasteiger partial charge in [0.05, 0.1) is 12.3 Å². The van der Waals surface area contributed by atoms with E-state index < -0.39 is 11.6 Å². The maximum Gasteiger partial charge on any atom is 0.234 e. The quantitative estimate of drug-likeness (QED) is 0.859. The van der Waals surface area contributed by atoms with Crippen LogP contribution in [0.2, 0.25) is 0 Å². The second kappa shape index (κ2) is 5.54. The fraction of sp³-hybridized carbons (Fsp3) is 0.214. The van der Waals surface area contributed by atoms with Crippen LogP contribution in [0.3, 0.4) is 0 Å². The molecule has 1 fully saturated rings. The van der Waals surface area contributed by atoms with Crippen molar-refractivity contribution < 1.29 is 13.6 Å². The molecule has 1 aliphatic rings. The lowest BCUT2D eigenvalue weighted by Crippen LogP contribution is -2.27. The Labute approximate surface area is 123 Å². The van der Waals surface area contributed by atoms with Crippen LogP contribution in [-0.2, 0) is 11.3 Å². The molecule has 104 valence electrons. The standard InChI is InChI=1S/C14H11F2NOS2/c15-10-3-4-11(16)9(6-10)7-17-13(18)8-20-14(17)12-2-1-5-19-12/h1-6,14H,7-8H2. The number of thioether (sulfide) groups is 1. The molecule has 1 unspecified atom stereocenters. The summed E-state index contributed by atoms with van der Waals surface area (Å²) < 4.78 is 26.9. The fourth-order valence-corrected chi connectivity index (χ4v) is 4.31. The van der Waals surface area contributed by atoms with Gasteiger partial charge in [0.25, 0.3) is 0 Å². The van der Waals surface area contributed by atoms with Gasteiger partial charge in [0.2, 0.25) is 5.91 Å². The summed E-state index contributed by atoms with van der Waals surface area (Å²) in [6, 6.07) is 7.20. The highest BCUT2D eigenvalue weighted by atomic mass is 32.2. The van der Waals surface area contributed by atoms with Gasteiger partial charge >= 0.3 is 0 Å². The summed E-state index contributed by atoms with van der Waals surface area (Å²) in [5.74, 6) is -0.647. The third-order valence-corrected chi connectivity index (χ3v) is 5.41. The molecule has 1 aliphatic heterocycles. The molecule has 0 spiro atoms. The highest BCUT2D eigenvalue weighted by molar-refractivity contribution is 8.00. The van der Waals surface area contributed by atoms with Crippen LogP contribution in [0.25, 0.3) is 0 Å². The number of amides is 1. The first-order chi connectivity index (χ1) is 9.65. The molecule has 0 radical (unpaired) electrons. The van der Waals surface area contributed by atoms with Gasteiger partial charge in [-0.1, -0.05) is 6.07 Å². The summed E-state index contributed by atoms with van der Waals surface area (Å²) in [4.78, 5) is 14.6. The van der Waals surface area contributed by atoms with E-state index in [0.717, 1.165) is 23.1 Å². The van der Waals surface area contributed by atoms with E-state index in [-0.39, 0.29) is 23.4 Å². The van der Waals surface area contributed by atoms with Gasteiger partial charge in [-0.05, 0) is 29.6 Å². The second-order valence-corrected chi connectivity index (χ2v) is 6.48. The Morgan fingerprint density at radius 3 is 2.90 bits per heavy atom. The highest BCUT2D eigenvalue weighted by Gasteiger charge is 2.33. The topological polar surface area (TPSA) is 20.3 Å². The van der Waals surface area contributed by atoms with E-state index in [2.05, 4.69) is 0 Å². The Kier molecular flexibility index (Phi) is 3.76. The van der Waals surface area contributed by atoms with E-state index in [9.17, 15) is 13.6 Å². The van der Waals surface area contributed by atoms with Crippen LogP contribution in [0, 0.1) is 11.6 Å². The predicted molar refractivity (Wildman–Crippen MR) is 76.4 cm³/mol. The van der Waals surface area contributed by atoms with Crippen molar-refractivity contribution in [1.82, 2.24) is 4.90 Å². The summed E-state index contributed by atoms with van der Waals surface area (Å²) >= 11 is 3.08. The highest BCUT2D eigenvalue weighted by Crippen LogP contribution is 2.41. The van der Waals surface area contributed by atoms with Gasteiger partial charge in [0.1, 0.15) is 17.0 Å². The SMILES string of the molecule is O=C1CSC(c2cccs2)N1Cc1cc(F)ccc1F. The van der Waals surface area contributed by atoms with Crippen LogP contribution in [-0.4, -0.2) is 16.6 Å². The van der Waals surface area contributed by atoms with Crippen LogP contribution in [0.4, 0.5) is 8.78 Å². The average molecular weight is 311 g/mol. The van der Waals surface area contributed by atoms with Gasteiger partial charge in [-0.2, -0.15) is 0 Å². The molecule has 0 saturated carbocycles. The van der Waals surface area contributed by atoms with Gasteiger partial charge in [-0.3, -0.25) is 4.79 Å². The van der Waals surface area contributed by atoms with Gasteiger partial charge in [0.15, 0.2) is 0 Å². The monoisotopic (exact) mass is 311 g/mol. The zero-order valence-electron chi connectivity index (χ0n) is 10.4. The third-order valence-electron chi connectivity index (χ3n) is 3.10. The molecule has 1 saturated heterocycles. The van der Waals surface area contributed by atoms with Crippen molar-refractivity contribution in [3.63, 3.8) is 0 Å². The Morgan fingerprint density at radius 1 is 1.30 bits per heavy atom. The Hall–Kier alpha value is -1.40. The number of hydrogen-bond acceptors (Lipinski definition) is 3. The van der Waals surface area contributed by atoms with Gasteiger partial charge in [0, 0.05) is 10.4 Å². The van der Waals surface area contributed by atoms with E-state index >= 15 is 0 Å². The molecule has 1 aromatic carbocycles. The van der Waals surface area contributed by atoms with Crippen LogP contribution < -0.4 is 0 Å². The molecular formula is C14H11F2NOS2. The van der Waals surface area contributed by atoms with Crippen molar-refractivity contribution in [3.8, 4) is 0 Å². The number of hydrogen-bond donors (Lipinski definition) is 0. The summed E-state index contributed by atoms with van der Waals surface area (Å²) in [5, 5.41) is 1.84. The summed E-state index contributed by atoms with van der Waals surface area (Å²) in [5.41, 5.74) is 0.211. The largest absolute Gasteiger partial charge is 0.321 e. The number of rotatable bonds is 3. The first-order valence-electron chi connectivity index (χ1n) is 6.03. The number of halogens is 2. The van der Waals surface area contributed by atoms with Gasteiger partial charge in [-0.25, -0.2) is 8.78 Å². The van der Waals surface area contributed by atoms with Crippen LogP contribution in [0.1, 0.15) is 15.8 Å². The van der Waals surface area contributed by atoms with Crippen molar-refractivity contribution >= 4 is 29.0 Å². The maximum atomic E-state index is 13.7. The number of benzene rings is 1. The average Bonchev–Trinajstić information content (AvgIpc) is 3.05. The van der Waals surface area contributed by atoms with Crippen molar-refractivity contribution in [2.24, 2.45) is 0 Å². The molecule has 2 nitrogen and oxygen atoms in total. The first kappa shape index (κ1) is 13.6. The van der Waals surface area contributed by atoms with Crippen molar-refractivity contribution in [1.29, 1.82) is 0 Å². The molecule has 1 amide bonds. The molecule has 6 heteroatoms. The number of thiophene rings is 1. The number of nitrogens with zero attached hydrogens (tertiary/aromatic N) is 1. The van der Waals surface area contributed by atoms with Crippen LogP contribution in [0.5, 0.6) is 0 Å². The van der Waals surface area contributed by atoms with Gasteiger partial charge < -0.3 is 4.90 Å². The molecular weight excluding hydrogens is 300 g/mol. The third kappa shape index (κ3) is 2.58. The minimum absolute atomic E-state index is 0.0444. The maximum absolute atomic E-state index is 13.7. The molecule has 1 atom stereocenters. The molecule has 0 bridgehead atoms. The number of carbonyl (C=O) groups excluding carboxylic acids is 1. The molecule has 3 rings (SSSR count). The van der Waals surface area contributed by atoms with E-state index in [0.29, 0.717) is 5.75 Å². The fourth-order valence-electron chi connectivity index (χ4n) is 2.14. The minimum Gasteiger partial charge on any atom is -0.321 e. The summed E-state index contributed by atoms with van der Waals surface area (Å²) in [7, 11) is 0. The minimum atomic E-state index is -0.492. The molecule has 0 aliphatic carbocycles. The summed E-state index contributed by atoms with van der Waals surface area (Å²) in [6.45, 7) is 0.0952. The Balaban J connectivity index is 1.87. The summed E-state index contributed by atoms with van der Waals surface area (Å²) in [6.07, 6.45) is 0. The number of carbonyl (C=O) groups is 1. The smallest absolute Gasteiger partial charge is 0.234 e. The lowest BCUT2D eigenvalue weighted by atomic mass is 10.2. The molecule has 0 N–H and O–H groups in total. The molecule has 2 aromatic rings. The molecule has 1 aromatic heterocycles. The zero-order valence-corrected chi connectivity index (χ0v) is 12.0. The predicted octanol–water partition coefficient (Wildman–Crippen LogP) is 3.80. The van der Waals surface area contributed by atoms with E-state index in [1.807, 2.05) is 17.5 Å². The molecule has 20 heavy (non-hydrogen) atoms. The Bertz CT molecular complexity index is 630. The van der Waals surface area contributed by atoms with Crippen molar-refractivity contribution in [2.45, 2.75) is 11.9 Å². The zero-order chi connectivity index (χ0) is 14.1. The van der Waals surface area contributed by atoms with Crippen molar-refractivity contribution in [2.75, 3.05) is 5.75 Å². The van der Waals surface area contributed by atoms with E-state index in [1.165, 1.54) is 11.8 Å². The first-order valence-corrected chi connectivity index (χ1v) is 7.96. The Morgan fingerprint density at radius 2 is 2.15 bits per heavy atom. The lowest BCUT2D eigenvalue weighted by molar-refractivity contribution is -0.128. The second-order valence-electron chi connectivity index (χ2n) is 4.44. The normalized spacial score (nSPS) is 18.8. The van der Waals surface area contributed by atoms with E-state index in [1.54, 1.807) is 16.2 Å². The van der Waals surface area contributed by atoms with Crippen LogP contribution >= 0.6 is 23.1 Å². The molecule has 2 heterocycles.